The van der Waals surface area contributed by atoms with Gasteiger partial charge in [0.2, 0.25) is 0 Å². The Labute approximate surface area is 361 Å². The Morgan fingerprint density at radius 3 is 2.08 bits per heavy atom. The van der Waals surface area contributed by atoms with E-state index in [4.69, 9.17) is 0 Å². The predicted molar refractivity (Wildman–Crippen MR) is 256 cm³/mol. The Morgan fingerprint density at radius 2 is 1.23 bits per heavy atom. The van der Waals surface area contributed by atoms with E-state index in [1.807, 2.05) is 0 Å². The van der Waals surface area contributed by atoms with Crippen LogP contribution < -0.4 is 31.1 Å². The van der Waals surface area contributed by atoms with E-state index in [0.29, 0.717) is 0 Å². The summed E-state index contributed by atoms with van der Waals surface area (Å²) in [5, 5.41) is 0. The second kappa shape index (κ2) is 12.1. The van der Waals surface area contributed by atoms with Crippen molar-refractivity contribution in [2.45, 2.75) is 95.1 Å². The van der Waals surface area contributed by atoms with Crippen LogP contribution in [-0.2, 0) is 22.8 Å². The fraction of sp³-hybridized carbons (Fsp3) is 0.263. The molecule has 7 aromatic carbocycles. The largest absolute Gasteiger partial charge is 0.335 e. The van der Waals surface area contributed by atoms with Gasteiger partial charge in [-0.3, -0.25) is 0 Å². The molecule has 61 heavy (non-hydrogen) atoms. The summed E-state index contributed by atoms with van der Waals surface area (Å²) < 4.78 is 0. The SMILES string of the molecule is Cc1cccc(N2c3cc(C)ccc3B3c4cccc5c4N(c4cc(N6c7ccccc7C7(C)CCc8ccccc8C67C)cc2c43)C2(C)CCCCC52c2ccccc2)c1. The topological polar surface area (TPSA) is 9.72 Å². The Bertz CT molecular complexity index is 3010. The number of fused-ring (bicyclic) bond motifs is 12. The molecule has 0 spiro atoms. The second-order valence-electron chi connectivity index (χ2n) is 19.8. The van der Waals surface area contributed by atoms with E-state index in [-0.39, 0.29) is 28.6 Å². The monoisotopic (exact) mass is 789 g/mol. The van der Waals surface area contributed by atoms with Gasteiger partial charge in [-0.25, -0.2) is 0 Å². The van der Waals surface area contributed by atoms with Gasteiger partial charge in [0.25, 0.3) is 6.71 Å². The maximum atomic E-state index is 2.91. The summed E-state index contributed by atoms with van der Waals surface area (Å²) in [6.45, 7) is 12.3. The highest BCUT2D eigenvalue weighted by atomic mass is 15.3. The molecule has 4 atom stereocenters. The van der Waals surface area contributed by atoms with Crippen LogP contribution in [0.5, 0.6) is 0 Å². The summed E-state index contributed by atoms with van der Waals surface area (Å²) in [4.78, 5) is 8.33. The molecule has 4 heterocycles. The van der Waals surface area contributed by atoms with E-state index < -0.39 is 0 Å². The molecule has 2 aliphatic carbocycles. The van der Waals surface area contributed by atoms with Crippen molar-refractivity contribution in [2.24, 2.45) is 0 Å². The number of anilines is 7. The van der Waals surface area contributed by atoms with Crippen LogP contribution in [0.4, 0.5) is 39.8 Å². The highest BCUT2D eigenvalue weighted by Crippen LogP contribution is 2.67. The summed E-state index contributed by atoms with van der Waals surface area (Å²) in [5.74, 6) is 0. The third-order valence-electron chi connectivity index (χ3n) is 17.1. The Kier molecular flexibility index (Phi) is 7.08. The van der Waals surface area contributed by atoms with Crippen LogP contribution in [-0.4, -0.2) is 12.3 Å². The zero-order valence-corrected chi connectivity index (χ0v) is 36.1. The maximum Gasteiger partial charge on any atom is 0.252 e. The molecule has 6 aliphatic rings. The van der Waals surface area contributed by atoms with E-state index in [1.54, 1.807) is 0 Å². The molecule has 13 rings (SSSR count). The first-order valence-corrected chi connectivity index (χ1v) is 22.8. The molecular weight excluding hydrogens is 737 g/mol. The Hall–Kier alpha value is -6.00. The normalized spacial score (nSPS) is 25.9. The van der Waals surface area contributed by atoms with Gasteiger partial charge in [-0.05, 0) is 145 Å². The summed E-state index contributed by atoms with van der Waals surface area (Å²) in [5.41, 5.74) is 22.7. The maximum absolute atomic E-state index is 2.91. The number of para-hydroxylation sites is 2. The molecule has 4 unspecified atom stereocenters. The minimum atomic E-state index is -0.311. The van der Waals surface area contributed by atoms with Crippen LogP contribution in [0.15, 0.2) is 152 Å². The standard InChI is InChI=1S/C57H52BN3/c1-37-17-15-21-41(33-37)59-49-34-38(2)27-28-46(49)58-47-25-16-24-45-53(47)61(55(4)30-13-14-31-57(45,55)40-19-7-6-8-20-40)51-36-42(35-50(59)52(51)58)60-48-26-12-11-23-44(48)54(3)32-29-39-18-9-10-22-43(39)56(54,60)5/h6-12,15-28,33-36H,13-14,29-32H2,1-5H3. The zero-order valence-electron chi connectivity index (χ0n) is 36.1. The molecule has 1 fully saturated rings. The van der Waals surface area contributed by atoms with Gasteiger partial charge in [-0.2, -0.15) is 0 Å². The first-order valence-electron chi connectivity index (χ1n) is 22.8. The molecule has 0 radical (unpaired) electrons. The third kappa shape index (κ3) is 4.22. The lowest BCUT2D eigenvalue weighted by atomic mass is 9.33. The number of hydrogen-bond acceptors (Lipinski definition) is 3. The van der Waals surface area contributed by atoms with Crippen molar-refractivity contribution >= 4 is 62.9 Å². The smallest absolute Gasteiger partial charge is 0.252 e. The van der Waals surface area contributed by atoms with Gasteiger partial charge in [-0.1, -0.05) is 135 Å². The molecule has 1 saturated carbocycles. The average Bonchev–Trinajstić information content (AvgIpc) is 3.65. The van der Waals surface area contributed by atoms with Crippen molar-refractivity contribution in [1.82, 2.24) is 0 Å². The molecule has 4 heteroatoms. The number of hydrogen-bond donors (Lipinski definition) is 0. The van der Waals surface area contributed by atoms with Gasteiger partial charge < -0.3 is 14.7 Å². The van der Waals surface area contributed by atoms with Gasteiger partial charge >= 0.3 is 0 Å². The van der Waals surface area contributed by atoms with Gasteiger partial charge in [0, 0.05) is 50.6 Å². The summed E-state index contributed by atoms with van der Waals surface area (Å²) >= 11 is 0. The quantitative estimate of drug-likeness (QED) is 0.165. The highest BCUT2D eigenvalue weighted by Gasteiger charge is 2.65. The minimum Gasteiger partial charge on any atom is -0.335 e. The molecular formula is C57H52BN3. The number of benzene rings is 7. The third-order valence-corrected chi connectivity index (χ3v) is 17.1. The van der Waals surface area contributed by atoms with E-state index in [0.717, 1.165) is 25.7 Å². The van der Waals surface area contributed by atoms with Crippen molar-refractivity contribution < 1.29 is 0 Å². The molecule has 4 aliphatic heterocycles. The van der Waals surface area contributed by atoms with Crippen LogP contribution in [0.2, 0.25) is 0 Å². The fourth-order valence-corrected chi connectivity index (χ4v) is 14.2. The number of aryl methyl sites for hydroxylation is 3. The molecule has 3 nitrogen and oxygen atoms in total. The second-order valence-corrected chi connectivity index (χ2v) is 19.8. The van der Waals surface area contributed by atoms with Crippen molar-refractivity contribution in [3.63, 3.8) is 0 Å². The Balaban J connectivity index is 1.18. The molecule has 7 aromatic rings. The summed E-state index contributed by atoms with van der Waals surface area (Å²) in [6, 6.07) is 59.4. The first kappa shape index (κ1) is 35.7. The van der Waals surface area contributed by atoms with Crippen LogP contribution >= 0.6 is 0 Å². The van der Waals surface area contributed by atoms with Crippen molar-refractivity contribution in [2.75, 3.05) is 14.7 Å². The minimum absolute atomic E-state index is 0.0845. The zero-order chi connectivity index (χ0) is 41.0. The van der Waals surface area contributed by atoms with Gasteiger partial charge in [0.05, 0.1) is 11.1 Å². The molecule has 0 N–H and O–H groups in total. The van der Waals surface area contributed by atoms with Crippen LogP contribution in [0, 0.1) is 13.8 Å². The fourth-order valence-electron chi connectivity index (χ4n) is 14.2. The lowest BCUT2D eigenvalue weighted by Crippen LogP contribution is -2.65. The van der Waals surface area contributed by atoms with Crippen molar-refractivity contribution in [3.05, 3.63) is 191 Å². The van der Waals surface area contributed by atoms with Gasteiger partial charge in [0.15, 0.2) is 0 Å². The van der Waals surface area contributed by atoms with E-state index in [2.05, 4.69) is 201 Å². The van der Waals surface area contributed by atoms with E-state index >= 15 is 0 Å². The molecule has 0 bridgehead atoms. The Morgan fingerprint density at radius 1 is 0.508 bits per heavy atom. The molecule has 0 aromatic heterocycles. The highest BCUT2D eigenvalue weighted by molar-refractivity contribution is 7.00. The number of rotatable bonds is 3. The van der Waals surface area contributed by atoms with Gasteiger partial charge in [-0.15, -0.1) is 0 Å². The molecule has 298 valence electrons. The first-order chi connectivity index (χ1) is 29.7. The van der Waals surface area contributed by atoms with Gasteiger partial charge in [0.1, 0.15) is 0 Å². The van der Waals surface area contributed by atoms with Crippen molar-refractivity contribution in [3.8, 4) is 0 Å². The number of nitrogens with zero attached hydrogens (tertiary/aromatic N) is 3. The molecule has 0 saturated heterocycles. The van der Waals surface area contributed by atoms with Crippen molar-refractivity contribution in [1.29, 1.82) is 0 Å². The predicted octanol–water partition coefficient (Wildman–Crippen LogP) is 12.0. The van der Waals surface area contributed by atoms with E-state index in [1.165, 1.54) is 108 Å². The lowest BCUT2D eigenvalue weighted by Gasteiger charge is -2.55. The molecule has 0 amide bonds. The average molecular weight is 790 g/mol. The summed E-state index contributed by atoms with van der Waals surface area (Å²) in [6.07, 6.45) is 6.93. The lowest BCUT2D eigenvalue weighted by molar-refractivity contribution is 0.215. The van der Waals surface area contributed by atoms with Crippen LogP contribution in [0.3, 0.4) is 0 Å². The summed E-state index contributed by atoms with van der Waals surface area (Å²) in [7, 11) is 0. The van der Waals surface area contributed by atoms with E-state index in [9.17, 15) is 0 Å². The van der Waals surface area contributed by atoms with Crippen LogP contribution in [0.25, 0.3) is 0 Å². The van der Waals surface area contributed by atoms with Crippen LogP contribution in [0.1, 0.15) is 91.8 Å².